The molecule has 2 N–H and O–H groups in total. The van der Waals surface area contributed by atoms with Gasteiger partial charge in [-0.2, -0.15) is 0 Å². The molecule has 100 valence electrons. The summed E-state index contributed by atoms with van der Waals surface area (Å²) in [4.78, 5) is 2.48. The van der Waals surface area contributed by atoms with Gasteiger partial charge in [-0.15, -0.1) is 0 Å². The predicted molar refractivity (Wildman–Crippen MR) is 79.4 cm³/mol. The van der Waals surface area contributed by atoms with E-state index < -0.39 is 0 Å². The first-order chi connectivity index (χ1) is 8.48. The van der Waals surface area contributed by atoms with Gasteiger partial charge in [-0.3, -0.25) is 0 Å². The number of nitrogens with zero attached hydrogens (tertiary/aromatic N) is 1. The van der Waals surface area contributed by atoms with Crippen LogP contribution in [0.25, 0.3) is 0 Å². The lowest BCUT2D eigenvalue weighted by atomic mass is 9.78. The Bertz CT molecular complexity index is 429. The second-order valence-corrected chi connectivity index (χ2v) is 6.17. The van der Waals surface area contributed by atoms with E-state index in [1.165, 1.54) is 24.1 Å². The van der Waals surface area contributed by atoms with Crippen molar-refractivity contribution in [2.45, 2.75) is 39.2 Å². The van der Waals surface area contributed by atoms with E-state index >= 15 is 0 Å². The minimum absolute atomic E-state index is 0.0996. The second kappa shape index (κ2) is 5.10. The average Bonchev–Trinajstić information content (AvgIpc) is 2.33. The Hall–Kier alpha value is -0.730. The largest absolute Gasteiger partial charge is 0.366 e. The molecule has 1 atom stereocenters. The molecule has 3 heteroatoms. The van der Waals surface area contributed by atoms with Gasteiger partial charge in [-0.1, -0.05) is 17.7 Å². The summed E-state index contributed by atoms with van der Waals surface area (Å²) < 4.78 is 0. The van der Waals surface area contributed by atoms with Crippen molar-refractivity contribution >= 4 is 17.3 Å². The maximum Gasteiger partial charge on any atom is 0.0455 e. The van der Waals surface area contributed by atoms with Gasteiger partial charge in [0.05, 0.1) is 0 Å². The SMILES string of the molecule is Cc1c(Cl)cccc1N1CCCC(CN)C1(C)C. The van der Waals surface area contributed by atoms with E-state index in [0.29, 0.717) is 5.92 Å². The number of halogens is 1. The van der Waals surface area contributed by atoms with Gasteiger partial charge >= 0.3 is 0 Å². The van der Waals surface area contributed by atoms with Gasteiger partial charge in [0.1, 0.15) is 0 Å². The normalized spacial score (nSPS) is 23.2. The minimum Gasteiger partial charge on any atom is -0.366 e. The zero-order valence-electron chi connectivity index (χ0n) is 11.5. The standard InChI is InChI=1S/C15H23ClN2/c1-11-13(16)7-4-8-14(11)18-9-5-6-12(10-17)15(18,2)3/h4,7-8,12H,5-6,9-10,17H2,1-3H3. The van der Waals surface area contributed by atoms with Gasteiger partial charge in [0.15, 0.2) is 0 Å². The fourth-order valence-corrected chi connectivity index (χ4v) is 3.25. The van der Waals surface area contributed by atoms with E-state index in [4.69, 9.17) is 17.3 Å². The number of piperidine rings is 1. The number of hydrogen-bond donors (Lipinski definition) is 1. The van der Waals surface area contributed by atoms with Crippen molar-refractivity contribution < 1.29 is 0 Å². The Labute approximate surface area is 115 Å². The highest BCUT2D eigenvalue weighted by Gasteiger charge is 2.38. The van der Waals surface area contributed by atoms with Gasteiger partial charge in [0.2, 0.25) is 0 Å². The van der Waals surface area contributed by atoms with Gasteiger partial charge in [0.25, 0.3) is 0 Å². The lowest BCUT2D eigenvalue weighted by Gasteiger charge is -2.50. The first kappa shape index (κ1) is 13.7. The third-order valence-corrected chi connectivity index (χ3v) is 4.85. The number of nitrogens with two attached hydrogens (primary N) is 1. The van der Waals surface area contributed by atoms with Crippen LogP contribution < -0.4 is 10.6 Å². The molecule has 1 aromatic rings. The summed E-state index contributed by atoms with van der Waals surface area (Å²) in [5.41, 5.74) is 8.46. The molecule has 1 unspecified atom stereocenters. The lowest BCUT2D eigenvalue weighted by molar-refractivity contribution is 0.244. The molecule has 1 heterocycles. The van der Waals surface area contributed by atoms with Gasteiger partial charge in [0, 0.05) is 22.8 Å². The van der Waals surface area contributed by atoms with Crippen molar-refractivity contribution in [3.63, 3.8) is 0 Å². The summed E-state index contributed by atoms with van der Waals surface area (Å²) in [5.74, 6) is 0.546. The van der Waals surface area contributed by atoms with Gasteiger partial charge in [-0.05, 0) is 63.8 Å². The van der Waals surface area contributed by atoms with Crippen molar-refractivity contribution in [1.82, 2.24) is 0 Å². The smallest absolute Gasteiger partial charge is 0.0455 e. The number of hydrogen-bond acceptors (Lipinski definition) is 2. The van der Waals surface area contributed by atoms with Crippen molar-refractivity contribution in [3.05, 3.63) is 28.8 Å². The van der Waals surface area contributed by atoms with Crippen LogP contribution in [0.4, 0.5) is 5.69 Å². The highest BCUT2D eigenvalue weighted by molar-refractivity contribution is 6.31. The molecule has 0 saturated carbocycles. The molecule has 0 aromatic heterocycles. The summed E-state index contributed by atoms with van der Waals surface area (Å²) >= 11 is 6.25. The summed E-state index contributed by atoms with van der Waals surface area (Å²) in [6.07, 6.45) is 2.43. The van der Waals surface area contributed by atoms with Crippen LogP contribution in [0.1, 0.15) is 32.3 Å². The maximum absolute atomic E-state index is 6.25. The Morgan fingerprint density at radius 1 is 1.44 bits per heavy atom. The molecule has 1 saturated heterocycles. The van der Waals surface area contributed by atoms with Crippen molar-refractivity contribution in [1.29, 1.82) is 0 Å². The molecule has 2 rings (SSSR count). The molecule has 1 aromatic carbocycles. The molecule has 2 nitrogen and oxygen atoms in total. The molecular weight excluding hydrogens is 244 g/mol. The quantitative estimate of drug-likeness (QED) is 0.886. The molecule has 1 fully saturated rings. The predicted octanol–water partition coefficient (Wildman–Crippen LogP) is 3.60. The van der Waals surface area contributed by atoms with E-state index in [9.17, 15) is 0 Å². The van der Waals surface area contributed by atoms with Crippen LogP contribution >= 0.6 is 11.6 Å². The number of anilines is 1. The van der Waals surface area contributed by atoms with Crippen molar-refractivity contribution in [2.75, 3.05) is 18.0 Å². The molecule has 0 radical (unpaired) electrons. The van der Waals surface area contributed by atoms with E-state index in [1.807, 2.05) is 12.1 Å². The fourth-order valence-electron chi connectivity index (χ4n) is 3.08. The highest BCUT2D eigenvalue weighted by Crippen LogP contribution is 2.39. The van der Waals surface area contributed by atoms with E-state index in [0.717, 1.165) is 18.1 Å². The van der Waals surface area contributed by atoms with Crippen LogP contribution in [0, 0.1) is 12.8 Å². The summed E-state index contributed by atoms with van der Waals surface area (Å²) in [5, 5.41) is 0.846. The molecule has 1 aliphatic heterocycles. The van der Waals surface area contributed by atoms with Crippen LogP contribution in [0.3, 0.4) is 0 Å². The molecule has 0 bridgehead atoms. The Morgan fingerprint density at radius 2 is 2.17 bits per heavy atom. The first-order valence-corrected chi connectivity index (χ1v) is 7.09. The van der Waals surface area contributed by atoms with E-state index in [2.05, 4.69) is 31.7 Å². The van der Waals surface area contributed by atoms with Crippen LogP contribution in [0.2, 0.25) is 5.02 Å². The van der Waals surface area contributed by atoms with Gasteiger partial charge in [-0.25, -0.2) is 0 Å². The second-order valence-electron chi connectivity index (χ2n) is 5.76. The Kier molecular flexibility index (Phi) is 3.88. The van der Waals surface area contributed by atoms with Crippen molar-refractivity contribution in [3.8, 4) is 0 Å². The Balaban J connectivity index is 2.40. The van der Waals surface area contributed by atoms with E-state index in [1.54, 1.807) is 0 Å². The van der Waals surface area contributed by atoms with Crippen LogP contribution in [-0.2, 0) is 0 Å². The molecule has 0 spiro atoms. The van der Waals surface area contributed by atoms with Crippen LogP contribution in [0.5, 0.6) is 0 Å². The van der Waals surface area contributed by atoms with Gasteiger partial charge < -0.3 is 10.6 Å². The van der Waals surface area contributed by atoms with E-state index in [-0.39, 0.29) is 5.54 Å². The molecular formula is C15H23ClN2. The lowest BCUT2D eigenvalue weighted by Crippen LogP contribution is -2.55. The molecule has 18 heavy (non-hydrogen) atoms. The summed E-state index contributed by atoms with van der Waals surface area (Å²) in [6.45, 7) is 8.53. The first-order valence-electron chi connectivity index (χ1n) is 6.71. The summed E-state index contributed by atoms with van der Waals surface area (Å²) in [7, 11) is 0. The van der Waals surface area contributed by atoms with Crippen LogP contribution in [-0.4, -0.2) is 18.6 Å². The minimum atomic E-state index is 0.0996. The third-order valence-electron chi connectivity index (χ3n) is 4.44. The summed E-state index contributed by atoms with van der Waals surface area (Å²) in [6, 6.07) is 6.16. The fraction of sp³-hybridized carbons (Fsp3) is 0.600. The zero-order valence-corrected chi connectivity index (χ0v) is 12.3. The maximum atomic E-state index is 6.25. The zero-order chi connectivity index (χ0) is 13.3. The number of benzene rings is 1. The topological polar surface area (TPSA) is 29.3 Å². The van der Waals surface area contributed by atoms with Crippen LogP contribution in [0.15, 0.2) is 18.2 Å². The highest BCUT2D eigenvalue weighted by atomic mass is 35.5. The molecule has 1 aliphatic rings. The van der Waals surface area contributed by atoms with Crippen molar-refractivity contribution in [2.24, 2.45) is 11.7 Å². The monoisotopic (exact) mass is 266 g/mol. The molecule has 0 aliphatic carbocycles. The Morgan fingerprint density at radius 3 is 2.83 bits per heavy atom. The molecule has 0 amide bonds. The average molecular weight is 267 g/mol. The number of rotatable bonds is 2. The third kappa shape index (κ3) is 2.24.